The summed E-state index contributed by atoms with van der Waals surface area (Å²) in [5.41, 5.74) is 3.61. The van der Waals surface area contributed by atoms with Gasteiger partial charge in [-0.25, -0.2) is 0 Å². The highest BCUT2D eigenvalue weighted by atomic mass is 16.3. The van der Waals surface area contributed by atoms with Crippen LogP contribution in [-0.2, 0) is 6.42 Å². The molecular formula is C26H29N3O. The normalized spacial score (nSPS) is 22.7. The highest BCUT2D eigenvalue weighted by Crippen LogP contribution is 2.47. The lowest BCUT2D eigenvalue weighted by molar-refractivity contribution is 0.0809. The molecule has 1 aliphatic rings. The van der Waals surface area contributed by atoms with Crippen LogP contribution in [0.3, 0.4) is 0 Å². The Morgan fingerprint density at radius 1 is 0.833 bits per heavy atom. The first kappa shape index (κ1) is 20.3. The van der Waals surface area contributed by atoms with Gasteiger partial charge in [-0.3, -0.25) is 10.3 Å². The number of likely N-dealkylation sites (N-methyl/N-ethyl adjacent to an activating group) is 1. The third-order valence-electron chi connectivity index (χ3n) is 6.21. The third kappa shape index (κ3) is 3.89. The second-order valence-electron chi connectivity index (χ2n) is 8.00. The van der Waals surface area contributed by atoms with Crippen molar-refractivity contribution in [2.75, 3.05) is 13.7 Å². The third-order valence-corrected chi connectivity index (χ3v) is 6.21. The summed E-state index contributed by atoms with van der Waals surface area (Å²) in [5, 5.41) is 18.7. The molecule has 0 bridgehead atoms. The van der Waals surface area contributed by atoms with Gasteiger partial charge in [-0.15, -0.1) is 0 Å². The summed E-state index contributed by atoms with van der Waals surface area (Å²) in [6.45, 7) is 0.0667. The van der Waals surface area contributed by atoms with Crippen LogP contribution in [0.15, 0.2) is 91.0 Å². The van der Waals surface area contributed by atoms with Crippen molar-refractivity contribution in [3.8, 4) is 0 Å². The first-order valence-corrected chi connectivity index (χ1v) is 10.5. The van der Waals surface area contributed by atoms with Crippen LogP contribution in [0.4, 0.5) is 0 Å². The molecule has 0 spiro atoms. The highest BCUT2D eigenvalue weighted by Gasteiger charge is 2.48. The standard InChI is InChI=1S/C26H29N3O/c1-28-24(21-13-7-3-8-14-21)25(22-15-9-4-10-16-22)29(19-27)26(28)23(18-30)17-20-11-5-2-6-12-20/h2-16,19,23-27,30H,17-18H2,1H3/t23-,24+,25+,26?/m1/s1. The lowest BCUT2D eigenvalue weighted by Gasteiger charge is -2.34. The zero-order chi connectivity index (χ0) is 20.9. The number of hydrogen-bond donors (Lipinski definition) is 2. The summed E-state index contributed by atoms with van der Waals surface area (Å²) in [6, 6.07) is 31.3. The minimum Gasteiger partial charge on any atom is -0.396 e. The van der Waals surface area contributed by atoms with Crippen LogP contribution in [0.25, 0.3) is 0 Å². The second-order valence-corrected chi connectivity index (χ2v) is 8.00. The van der Waals surface area contributed by atoms with E-state index in [1.807, 2.05) is 30.3 Å². The van der Waals surface area contributed by atoms with E-state index in [2.05, 4.69) is 77.5 Å². The number of nitrogens with one attached hydrogen (secondary N) is 1. The smallest absolute Gasteiger partial charge is 0.0893 e. The zero-order valence-corrected chi connectivity index (χ0v) is 17.3. The van der Waals surface area contributed by atoms with Crippen LogP contribution >= 0.6 is 0 Å². The van der Waals surface area contributed by atoms with Gasteiger partial charge in [0.1, 0.15) is 0 Å². The van der Waals surface area contributed by atoms with Crippen molar-refractivity contribution in [2.24, 2.45) is 5.92 Å². The van der Waals surface area contributed by atoms with Crippen molar-refractivity contribution in [3.63, 3.8) is 0 Å². The molecule has 2 N–H and O–H groups in total. The Kier molecular flexibility index (Phi) is 6.26. The Hall–Kier alpha value is -2.95. The van der Waals surface area contributed by atoms with Gasteiger partial charge in [0.2, 0.25) is 0 Å². The van der Waals surface area contributed by atoms with Crippen LogP contribution in [0.5, 0.6) is 0 Å². The molecule has 154 valence electrons. The average Bonchev–Trinajstić information content (AvgIpc) is 3.11. The number of aliphatic hydroxyl groups is 1. The van der Waals surface area contributed by atoms with E-state index in [1.165, 1.54) is 23.0 Å². The van der Waals surface area contributed by atoms with E-state index < -0.39 is 0 Å². The lowest BCUT2D eigenvalue weighted by atomic mass is 9.93. The Labute approximate surface area is 178 Å². The SMILES string of the molecule is CN1C([C@@H](CO)Cc2ccccc2)N(C=N)[C@@H](c2ccccc2)[C@@H]1c1ccccc1. The minimum atomic E-state index is -0.0804. The number of benzene rings is 3. The van der Waals surface area contributed by atoms with Gasteiger partial charge in [-0.1, -0.05) is 91.0 Å². The van der Waals surface area contributed by atoms with Gasteiger partial charge < -0.3 is 10.0 Å². The van der Waals surface area contributed by atoms with Crippen LogP contribution < -0.4 is 0 Å². The summed E-state index contributed by atoms with van der Waals surface area (Å²) in [4.78, 5) is 4.46. The molecule has 3 aromatic rings. The van der Waals surface area contributed by atoms with Crippen molar-refractivity contribution in [1.82, 2.24) is 9.80 Å². The fourth-order valence-corrected chi connectivity index (χ4v) is 4.91. The number of aliphatic hydroxyl groups excluding tert-OH is 1. The summed E-state index contributed by atoms with van der Waals surface area (Å²) in [6.07, 6.45) is 2.14. The van der Waals surface area contributed by atoms with Gasteiger partial charge in [0.15, 0.2) is 0 Å². The van der Waals surface area contributed by atoms with Crippen LogP contribution in [-0.4, -0.2) is 41.1 Å². The molecule has 1 heterocycles. The Balaban J connectivity index is 1.76. The van der Waals surface area contributed by atoms with E-state index in [4.69, 9.17) is 5.41 Å². The van der Waals surface area contributed by atoms with Gasteiger partial charge >= 0.3 is 0 Å². The maximum Gasteiger partial charge on any atom is 0.0893 e. The van der Waals surface area contributed by atoms with E-state index in [1.54, 1.807) is 0 Å². The first-order valence-electron chi connectivity index (χ1n) is 10.5. The Morgan fingerprint density at radius 3 is 1.83 bits per heavy atom. The zero-order valence-electron chi connectivity index (χ0n) is 17.3. The van der Waals surface area contributed by atoms with Gasteiger partial charge in [0, 0.05) is 12.5 Å². The van der Waals surface area contributed by atoms with Crippen molar-refractivity contribution in [1.29, 1.82) is 5.41 Å². The molecule has 4 nitrogen and oxygen atoms in total. The molecule has 3 aromatic carbocycles. The largest absolute Gasteiger partial charge is 0.396 e. The predicted octanol–water partition coefficient (Wildman–Crippen LogP) is 4.50. The van der Waals surface area contributed by atoms with Crippen LogP contribution in [0.1, 0.15) is 28.8 Å². The summed E-state index contributed by atoms with van der Waals surface area (Å²) < 4.78 is 0. The molecule has 0 radical (unpaired) electrons. The van der Waals surface area contributed by atoms with Crippen molar-refractivity contribution in [2.45, 2.75) is 24.7 Å². The maximum absolute atomic E-state index is 10.4. The quantitative estimate of drug-likeness (QED) is 0.454. The van der Waals surface area contributed by atoms with Gasteiger partial charge in [-0.05, 0) is 30.2 Å². The second kappa shape index (κ2) is 9.24. The van der Waals surface area contributed by atoms with Crippen LogP contribution in [0, 0.1) is 11.3 Å². The lowest BCUT2D eigenvalue weighted by Crippen LogP contribution is -2.45. The summed E-state index contributed by atoms with van der Waals surface area (Å²) >= 11 is 0. The first-order chi connectivity index (χ1) is 14.7. The molecule has 1 unspecified atom stereocenters. The molecule has 4 atom stereocenters. The molecule has 4 rings (SSSR count). The fourth-order valence-electron chi connectivity index (χ4n) is 4.91. The Morgan fingerprint density at radius 2 is 1.33 bits per heavy atom. The topological polar surface area (TPSA) is 50.6 Å². The molecule has 0 amide bonds. The molecule has 1 fully saturated rings. The van der Waals surface area contributed by atoms with E-state index >= 15 is 0 Å². The van der Waals surface area contributed by atoms with E-state index in [-0.39, 0.29) is 30.8 Å². The maximum atomic E-state index is 10.4. The number of hydrogen-bond acceptors (Lipinski definition) is 3. The predicted molar refractivity (Wildman–Crippen MR) is 121 cm³/mol. The van der Waals surface area contributed by atoms with Gasteiger partial charge in [0.25, 0.3) is 0 Å². The molecule has 4 heteroatoms. The highest BCUT2D eigenvalue weighted by molar-refractivity contribution is 5.55. The van der Waals surface area contributed by atoms with E-state index in [0.29, 0.717) is 0 Å². The van der Waals surface area contributed by atoms with Crippen molar-refractivity contribution >= 4 is 6.34 Å². The number of rotatable bonds is 7. The molecule has 0 saturated carbocycles. The van der Waals surface area contributed by atoms with E-state index in [0.717, 1.165) is 6.42 Å². The summed E-state index contributed by atoms with van der Waals surface area (Å²) in [5.74, 6) is -0.0149. The van der Waals surface area contributed by atoms with E-state index in [9.17, 15) is 5.11 Å². The molecule has 1 aliphatic heterocycles. The number of nitrogens with zero attached hydrogens (tertiary/aromatic N) is 2. The summed E-state index contributed by atoms with van der Waals surface area (Å²) in [7, 11) is 2.12. The monoisotopic (exact) mass is 399 g/mol. The van der Waals surface area contributed by atoms with Crippen LogP contribution in [0.2, 0.25) is 0 Å². The molecule has 30 heavy (non-hydrogen) atoms. The molecular weight excluding hydrogens is 370 g/mol. The van der Waals surface area contributed by atoms with Crippen molar-refractivity contribution in [3.05, 3.63) is 108 Å². The molecule has 0 aliphatic carbocycles. The minimum absolute atomic E-state index is 0.00548. The van der Waals surface area contributed by atoms with Gasteiger partial charge in [0.05, 0.1) is 24.6 Å². The fraction of sp³-hybridized carbons (Fsp3) is 0.269. The molecule has 1 saturated heterocycles. The Bertz CT molecular complexity index is 932. The average molecular weight is 400 g/mol. The molecule has 0 aromatic heterocycles. The van der Waals surface area contributed by atoms with Crippen molar-refractivity contribution < 1.29 is 5.11 Å². The van der Waals surface area contributed by atoms with Gasteiger partial charge in [-0.2, -0.15) is 0 Å².